The predicted octanol–water partition coefficient (Wildman–Crippen LogP) is 2.40. The lowest BCUT2D eigenvalue weighted by molar-refractivity contribution is -0.384. The number of amides is 1. The lowest BCUT2D eigenvalue weighted by Gasteiger charge is -2.29. The highest BCUT2D eigenvalue weighted by atomic mass is 19.1. The number of carbonyl (C=O) groups excluding carboxylic acids is 1. The van der Waals surface area contributed by atoms with Crippen LogP contribution >= 0.6 is 0 Å². The second-order valence-corrected chi connectivity index (χ2v) is 6.52. The Labute approximate surface area is 170 Å². The van der Waals surface area contributed by atoms with Crippen molar-refractivity contribution in [2.45, 2.75) is 0 Å². The maximum Gasteiger partial charge on any atom is 0.295 e. The second kappa shape index (κ2) is 8.25. The van der Waals surface area contributed by atoms with Crippen molar-refractivity contribution < 1.29 is 18.8 Å². The number of aromatic nitrogens is 3. The zero-order valence-corrected chi connectivity index (χ0v) is 15.7. The number of nitrogens with zero attached hydrogens (tertiary/aromatic N) is 5. The average Bonchev–Trinajstić information content (AvgIpc) is 3.29. The molecule has 30 heavy (non-hydrogen) atoms. The van der Waals surface area contributed by atoms with Gasteiger partial charge >= 0.3 is 0 Å². The number of morpholine rings is 1. The van der Waals surface area contributed by atoms with E-state index in [1.54, 1.807) is 12.1 Å². The molecule has 4 rings (SSSR count). The Morgan fingerprint density at radius 1 is 1.17 bits per heavy atom. The van der Waals surface area contributed by atoms with Crippen molar-refractivity contribution in [1.29, 1.82) is 0 Å². The summed E-state index contributed by atoms with van der Waals surface area (Å²) in [5.74, 6) is -1.07. The largest absolute Gasteiger partial charge is 0.378 e. The van der Waals surface area contributed by atoms with Gasteiger partial charge in [0.25, 0.3) is 11.6 Å². The minimum absolute atomic E-state index is 0.0585. The molecule has 154 valence electrons. The molecule has 3 aromatic rings. The zero-order chi connectivity index (χ0) is 21.1. The highest BCUT2D eigenvalue weighted by Crippen LogP contribution is 2.26. The van der Waals surface area contributed by atoms with Gasteiger partial charge < -0.3 is 15.0 Å². The smallest absolute Gasteiger partial charge is 0.295 e. The molecule has 1 fully saturated rings. The van der Waals surface area contributed by atoms with Gasteiger partial charge in [0.1, 0.15) is 24.2 Å². The topological polar surface area (TPSA) is 115 Å². The molecule has 1 aromatic heterocycles. The van der Waals surface area contributed by atoms with Crippen LogP contribution in [0.1, 0.15) is 10.4 Å². The van der Waals surface area contributed by atoms with E-state index in [4.69, 9.17) is 4.74 Å². The maximum absolute atomic E-state index is 14.5. The van der Waals surface area contributed by atoms with Gasteiger partial charge in [0.05, 0.1) is 23.8 Å². The van der Waals surface area contributed by atoms with Gasteiger partial charge in [-0.25, -0.2) is 14.1 Å². The molecule has 0 saturated carbocycles. The van der Waals surface area contributed by atoms with Gasteiger partial charge in [-0.1, -0.05) is 0 Å². The fourth-order valence-corrected chi connectivity index (χ4v) is 3.19. The van der Waals surface area contributed by atoms with Crippen LogP contribution in [0.15, 0.2) is 49.1 Å². The molecule has 1 saturated heterocycles. The molecule has 10 nitrogen and oxygen atoms in total. The maximum atomic E-state index is 14.5. The van der Waals surface area contributed by atoms with Crippen molar-refractivity contribution >= 4 is 23.0 Å². The molecule has 0 aliphatic carbocycles. The van der Waals surface area contributed by atoms with Crippen LogP contribution in [-0.2, 0) is 4.74 Å². The summed E-state index contributed by atoms with van der Waals surface area (Å²) in [5.41, 5.74) is 0.613. The van der Waals surface area contributed by atoms with Gasteiger partial charge in [0.2, 0.25) is 0 Å². The number of ether oxygens (including phenoxy) is 1. The summed E-state index contributed by atoms with van der Waals surface area (Å²) in [7, 11) is 0. The first kappa shape index (κ1) is 19.5. The minimum Gasteiger partial charge on any atom is -0.378 e. The van der Waals surface area contributed by atoms with Crippen LogP contribution in [0.5, 0.6) is 0 Å². The Balaban J connectivity index is 1.54. The molecule has 1 aliphatic heterocycles. The van der Waals surface area contributed by atoms with Crippen LogP contribution in [0.2, 0.25) is 0 Å². The van der Waals surface area contributed by atoms with E-state index in [1.165, 1.54) is 35.5 Å². The lowest BCUT2D eigenvalue weighted by atomic mass is 10.1. The van der Waals surface area contributed by atoms with Crippen LogP contribution in [0.4, 0.5) is 21.5 Å². The highest BCUT2D eigenvalue weighted by Gasteiger charge is 2.20. The average molecular weight is 412 g/mol. The Kier molecular flexibility index (Phi) is 5.35. The van der Waals surface area contributed by atoms with Crippen molar-refractivity contribution in [2.75, 3.05) is 36.5 Å². The third kappa shape index (κ3) is 3.96. The number of hydrogen-bond donors (Lipinski definition) is 1. The van der Waals surface area contributed by atoms with E-state index in [0.717, 1.165) is 6.07 Å². The lowest BCUT2D eigenvalue weighted by Crippen LogP contribution is -2.36. The van der Waals surface area contributed by atoms with Crippen LogP contribution in [0.25, 0.3) is 5.69 Å². The van der Waals surface area contributed by atoms with Crippen molar-refractivity contribution in [1.82, 2.24) is 14.8 Å². The Morgan fingerprint density at radius 3 is 2.60 bits per heavy atom. The Morgan fingerprint density at radius 2 is 1.93 bits per heavy atom. The van der Waals surface area contributed by atoms with Gasteiger partial charge in [-0.2, -0.15) is 5.10 Å². The Hall–Kier alpha value is -3.86. The first-order chi connectivity index (χ1) is 14.5. The van der Waals surface area contributed by atoms with E-state index in [-0.39, 0.29) is 22.6 Å². The number of nitro groups is 1. The zero-order valence-electron chi connectivity index (χ0n) is 15.7. The Bertz CT molecular complexity index is 1080. The SMILES string of the molecule is O=C(Nc1ccc(N2CCOCC2)c(F)c1)c1ccc(-n2cncn2)c([N+](=O)[O-])c1. The summed E-state index contributed by atoms with van der Waals surface area (Å²) in [5, 5.41) is 17.9. The van der Waals surface area contributed by atoms with Crippen LogP contribution < -0.4 is 10.2 Å². The van der Waals surface area contributed by atoms with Gasteiger partial charge in [0, 0.05) is 30.4 Å². The molecule has 2 heterocycles. The summed E-state index contributed by atoms with van der Waals surface area (Å²) in [6.07, 6.45) is 2.57. The van der Waals surface area contributed by atoms with Gasteiger partial charge in [-0.3, -0.25) is 14.9 Å². The number of nitrogens with one attached hydrogen (secondary N) is 1. The van der Waals surface area contributed by atoms with E-state index in [1.807, 2.05) is 4.90 Å². The van der Waals surface area contributed by atoms with E-state index >= 15 is 0 Å². The summed E-state index contributed by atoms with van der Waals surface area (Å²) >= 11 is 0. The standard InChI is InChI=1S/C19H17FN6O4/c20-15-10-14(2-4-16(15)24-5-7-30-8-6-24)23-19(27)13-1-3-17(18(9-13)26(28)29)25-12-21-11-22-25/h1-4,9-12H,5-8H2,(H,23,27). The van der Waals surface area contributed by atoms with Crippen molar-refractivity contribution in [3.05, 3.63) is 70.5 Å². The molecule has 2 aromatic carbocycles. The molecule has 0 radical (unpaired) electrons. The van der Waals surface area contributed by atoms with Crippen LogP contribution in [0, 0.1) is 15.9 Å². The third-order valence-corrected chi connectivity index (χ3v) is 4.66. The number of carbonyl (C=O) groups is 1. The molecule has 1 aliphatic rings. The molecule has 1 N–H and O–H groups in total. The molecule has 0 atom stereocenters. The summed E-state index contributed by atoms with van der Waals surface area (Å²) in [4.78, 5) is 29.0. The summed E-state index contributed by atoms with van der Waals surface area (Å²) in [6.45, 7) is 2.23. The first-order valence-corrected chi connectivity index (χ1v) is 9.10. The quantitative estimate of drug-likeness (QED) is 0.505. The van der Waals surface area contributed by atoms with E-state index in [9.17, 15) is 19.3 Å². The van der Waals surface area contributed by atoms with Crippen molar-refractivity contribution in [2.24, 2.45) is 0 Å². The van der Waals surface area contributed by atoms with Crippen molar-refractivity contribution in [3.8, 4) is 5.69 Å². The van der Waals surface area contributed by atoms with Crippen LogP contribution in [-0.4, -0.2) is 51.9 Å². The minimum atomic E-state index is -0.607. The summed E-state index contributed by atoms with van der Waals surface area (Å²) < 4.78 is 21.0. The monoisotopic (exact) mass is 412 g/mol. The first-order valence-electron chi connectivity index (χ1n) is 9.10. The molecule has 11 heteroatoms. The molecule has 0 unspecified atom stereocenters. The van der Waals surface area contributed by atoms with E-state index in [2.05, 4.69) is 15.4 Å². The fourth-order valence-electron chi connectivity index (χ4n) is 3.19. The fraction of sp³-hybridized carbons (Fsp3) is 0.211. The molecule has 1 amide bonds. The second-order valence-electron chi connectivity index (χ2n) is 6.52. The molecular weight excluding hydrogens is 395 g/mol. The number of nitro benzene ring substituents is 1. The molecule has 0 spiro atoms. The number of hydrogen-bond acceptors (Lipinski definition) is 7. The normalized spacial score (nSPS) is 13.8. The van der Waals surface area contributed by atoms with Crippen LogP contribution in [0.3, 0.4) is 0 Å². The predicted molar refractivity (Wildman–Crippen MR) is 105 cm³/mol. The van der Waals surface area contributed by atoms with E-state index in [0.29, 0.717) is 32.0 Å². The summed E-state index contributed by atoms with van der Waals surface area (Å²) in [6, 6.07) is 8.38. The molecule has 0 bridgehead atoms. The highest BCUT2D eigenvalue weighted by molar-refractivity contribution is 6.05. The van der Waals surface area contributed by atoms with Gasteiger partial charge in [0.15, 0.2) is 0 Å². The van der Waals surface area contributed by atoms with E-state index < -0.39 is 16.6 Å². The molecular formula is C19H17FN6O4. The number of anilines is 2. The number of halogens is 1. The third-order valence-electron chi connectivity index (χ3n) is 4.66. The van der Waals surface area contributed by atoms with Gasteiger partial charge in [-0.15, -0.1) is 0 Å². The van der Waals surface area contributed by atoms with Gasteiger partial charge in [-0.05, 0) is 30.3 Å². The number of rotatable bonds is 5. The number of benzene rings is 2. The van der Waals surface area contributed by atoms with Crippen molar-refractivity contribution in [3.63, 3.8) is 0 Å².